The molecule has 2 amide bonds. The third-order valence-electron chi connectivity index (χ3n) is 6.97. The van der Waals surface area contributed by atoms with Gasteiger partial charge in [-0.15, -0.1) is 22.7 Å². The van der Waals surface area contributed by atoms with Gasteiger partial charge in [-0.05, 0) is 54.3 Å². The molecule has 0 atom stereocenters. The second kappa shape index (κ2) is 11.8. The van der Waals surface area contributed by atoms with E-state index in [1.165, 1.54) is 10.4 Å². The van der Waals surface area contributed by atoms with Crippen molar-refractivity contribution in [3.8, 4) is 11.1 Å². The van der Waals surface area contributed by atoms with Crippen molar-refractivity contribution in [1.29, 1.82) is 0 Å². The van der Waals surface area contributed by atoms with E-state index in [1.807, 2.05) is 40.6 Å². The summed E-state index contributed by atoms with van der Waals surface area (Å²) in [7, 11) is 0. The monoisotopic (exact) mass is 529 g/mol. The van der Waals surface area contributed by atoms with E-state index in [9.17, 15) is 9.59 Å². The van der Waals surface area contributed by atoms with Gasteiger partial charge in [-0.3, -0.25) is 9.59 Å². The van der Waals surface area contributed by atoms with Crippen LogP contribution in [0.15, 0.2) is 71.4 Å². The molecule has 0 spiro atoms. The van der Waals surface area contributed by atoms with Crippen LogP contribution in [0.5, 0.6) is 0 Å². The van der Waals surface area contributed by atoms with Gasteiger partial charge < -0.3 is 10.2 Å². The van der Waals surface area contributed by atoms with Crippen LogP contribution >= 0.6 is 22.7 Å². The van der Waals surface area contributed by atoms with Crippen molar-refractivity contribution < 1.29 is 9.59 Å². The minimum atomic E-state index is -0.193. The van der Waals surface area contributed by atoms with Crippen molar-refractivity contribution in [1.82, 2.24) is 9.88 Å². The molecule has 2 aromatic carbocycles. The molecule has 0 radical (unpaired) electrons. The Morgan fingerprint density at radius 1 is 1.00 bits per heavy atom. The molecule has 0 saturated carbocycles. The number of aryl methyl sites for hydroxylation is 2. The summed E-state index contributed by atoms with van der Waals surface area (Å²) >= 11 is 3.25. The summed E-state index contributed by atoms with van der Waals surface area (Å²) in [6.07, 6.45) is 4.15. The van der Waals surface area contributed by atoms with Gasteiger partial charge >= 0.3 is 0 Å². The molecule has 2 aromatic heterocycles. The Labute approximate surface area is 226 Å². The Bertz CT molecular complexity index is 1340. The molecular formula is C30H31N3O2S2. The number of rotatable bonds is 8. The van der Waals surface area contributed by atoms with Gasteiger partial charge in [0.1, 0.15) is 5.69 Å². The van der Waals surface area contributed by atoms with Crippen LogP contribution in [0.1, 0.15) is 58.0 Å². The van der Waals surface area contributed by atoms with Gasteiger partial charge in [0.05, 0.1) is 5.01 Å². The van der Waals surface area contributed by atoms with Crippen molar-refractivity contribution >= 4 is 40.2 Å². The lowest BCUT2D eigenvalue weighted by Gasteiger charge is -2.31. The second-order valence-corrected chi connectivity index (χ2v) is 11.3. The topological polar surface area (TPSA) is 62.3 Å². The number of anilines is 1. The Kier molecular flexibility index (Phi) is 8.12. The third kappa shape index (κ3) is 6.17. The number of nitrogens with one attached hydrogen (secondary N) is 1. The van der Waals surface area contributed by atoms with Crippen LogP contribution in [0.25, 0.3) is 11.1 Å². The largest absolute Gasteiger partial charge is 0.343 e. The maximum Gasteiger partial charge on any atom is 0.275 e. The smallest absolute Gasteiger partial charge is 0.275 e. The van der Waals surface area contributed by atoms with E-state index in [2.05, 4.69) is 48.0 Å². The van der Waals surface area contributed by atoms with E-state index in [0.29, 0.717) is 12.1 Å². The van der Waals surface area contributed by atoms with Crippen molar-refractivity contribution in [3.63, 3.8) is 0 Å². The van der Waals surface area contributed by atoms with Gasteiger partial charge in [0.25, 0.3) is 5.91 Å². The number of carbonyl (C=O) groups is 2. The first kappa shape index (κ1) is 25.4. The van der Waals surface area contributed by atoms with E-state index < -0.39 is 0 Å². The number of carbonyl (C=O) groups excluding carboxylic acids is 2. The number of benzene rings is 2. The highest BCUT2D eigenvalue weighted by atomic mass is 32.1. The highest BCUT2D eigenvalue weighted by Gasteiger charge is 2.26. The van der Waals surface area contributed by atoms with Crippen LogP contribution in [0.3, 0.4) is 0 Å². The number of piperidine rings is 1. The van der Waals surface area contributed by atoms with Gasteiger partial charge in [-0.25, -0.2) is 4.98 Å². The Hall–Kier alpha value is -3.29. The quantitative estimate of drug-likeness (QED) is 0.267. The zero-order valence-corrected chi connectivity index (χ0v) is 22.6. The molecule has 1 aliphatic heterocycles. The molecule has 5 rings (SSSR count). The standard InChI is InChI=1S/C30H31N3O2S2/c1-2-21-9-11-22(12-10-21)25-7-3-4-8-26(25)31-29(35)27-20-37-30(32-27)23-15-17-33(18-16-23)28(34)14-13-24-6-5-19-36-24/h3-12,19-20,23H,2,13-18H2,1H3,(H,31,35). The summed E-state index contributed by atoms with van der Waals surface area (Å²) < 4.78 is 0. The fraction of sp³-hybridized carbons (Fsp3) is 0.300. The Morgan fingerprint density at radius 2 is 1.78 bits per heavy atom. The maximum absolute atomic E-state index is 13.1. The molecular weight excluding hydrogens is 498 g/mol. The fourth-order valence-electron chi connectivity index (χ4n) is 4.75. The van der Waals surface area contributed by atoms with E-state index in [-0.39, 0.29) is 17.7 Å². The molecule has 0 aliphatic carbocycles. The van der Waals surface area contributed by atoms with E-state index in [1.54, 1.807) is 22.7 Å². The van der Waals surface area contributed by atoms with Crippen LogP contribution in [0.4, 0.5) is 5.69 Å². The normalized spacial score (nSPS) is 14.0. The number of aromatic nitrogens is 1. The molecule has 5 nitrogen and oxygen atoms in total. The predicted molar refractivity (Wildman–Crippen MR) is 153 cm³/mol. The van der Waals surface area contributed by atoms with Gasteiger partial charge in [0, 0.05) is 46.9 Å². The van der Waals surface area contributed by atoms with E-state index in [0.717, 1.165) is 60.6 Å². The van der Waals surface area contributed by atoms with Crippen molar-refractivity contribution in [2.45, 2.75) is 44.9 Å². The summed E-state index contributed by atoms with van der Waals surface area (Å²) in [5, 5.41) is 7.96. The summed E-state index contributed by atoms with van der Waals surface area (Å²) in [4.78, 5) is 33.7. The van der Waals surface area contributed by atoms with Crippen LogP contribution < -0.4 is 5.32 Å². The van der Waals surface area contributed by atoms with Crippen LogP contribution in [0.2, 0.25) is 0 Å². The third-order valence-corrected chi connectivity index (χ3v) is 8.91. The lowest BCUT2D eigenvalue weighted by atomic mass is 9.97. The first-order valence-electron chi connectivity index (χ1n) is 12.9. The van der Waals surface area contributed by atoms with Gasteiger partial charge in [0.2, 0.25) is 5.91 Å². The molecule has 4 aromatic rings. The average molecular weight is 530 g/mol. The highest BCUT2D eigenvalue weighted by Crippen LogP contribution is 2.32. The summed E-state index contributed by atoms with van der Waals surface area (Å²) in [6, 6.07) is 20.4. The van der Waals surface area contributed by atoms with Gasteiger partial charge in [0.15, 0.2) is 0 Å². The minimum absolute atomic E-state index is 0.193. The first-order valence-corrected chi connectivity index (χ1v) is 14.6. The minimum Gasteiger partial charge on any atom is -0.343 e. The van der Waals surface area contributed by atoms with E-state index >= 15 is 0 Å². The lowest BCUT2D eigenvalue weighted by Crippen LogP contribution is -2.38. The molecule has 0 bridgehead atoms. The molecule has 37 heavy (non-hydrogen) atoms. The summed E-state index contributed by atoms with van der Waals surface area (Å²) in [5.74, 6) is 0.327. The number of amides is 2. The highest BCUT2D eigenvalue weighted by molar-refractivity contribution is 7.10. The molecule has 1 fully saturated rings. The molecule has 7 heteroatoms. The maximum atomic E-state index is 13.1. The average Bonchev–Trinajstić information content (AvgIpc) is 3.65. The van der Waals surface area contributed by atoms with Crippen molar-refractivity contribution in [3.05, 3.63) is 92.6 Å². The Morgan fingerprint density at radius 3 is 2.51 bits per heavy atom. The van der Waals surface area contributed by atoms with Crippen LogP contribution in [0, 0.1) is 0 Å². The number of thiazole rings is 1. The number of para-hydroxylation sites is 1. The first-order chi connectivity index (χ1) is 18.1. The van der Waals surface area contributed by atoms with Gasteiger partial charge in [-0.2, -0.15) is 0 Å². The Balaban J connectivity index is 1.18. The van der Waals surface area contributed by atoms with Crippen LogP contribution in [-0.4, -0.2) is 34.8 Å². The second-order valence-electron chi connectivity index (χ2n) is 9.36. The summed E-state index contributed by atoms with van der Waals surface area (Å²) in [5.41, 5.74) is 4.58. The molecule has 1 N–H and O–H groups in total. The van der Waals surface area contributed by atoms with Crippen LogP contribution in [-0.2, 0) is 17.6 Å². The number of thiophene rings is 1. The molecule has 0 unspecified atom stereocenters. The number of nitrogens with zero attached hydrogens (tertiary/aromatic N) is 2. The predicted octanol–water partition coefficient (Wildman–Crippen LogP) is 7.03. The lowest BCUT2D eigenvalue weighted by molar-refractivity contribution is -0.132. The number of likely N-dealkylation sites (tertiary alicyclic amines) is 1. The van der Waals surface area contributed by atoms with Gasteiger partial charge in [-0.1, -0.05) is 55.5 Å². The number of hydrogen-bond acceptors (Lipinski definition) is 5. The van der Waals surface area contributed by atoms with Crippen molar-refractivity contribution in [2.75, 3.05) is 18.4 Å². The molecule has 190 valence electrons. The number of hydrogen-bond donors (Lipinski definition) is 1. The van der Waals surface area contributed by atoms with Crippen molar-refractivity contribution in [2.24, 2.45) is 0 Å². The zero-order chi connectivity index (χ0) is 25.6. The molecule has 1 aliphatic rings. The molecule has 1 saturated heterocycles. The fourth-order valence-corrected chi connectivity index (χ4v) is 6.43. The summed E-state index contributed by atoms with van der Waals surface area (Å²) in [6.45, 7) is 3.64. The molecule has 3 heterocycles. The SMILES string of the molecule is CCc1ccc(-c2ccccc2NC(=O)c2csc(C3CCN(C(=O)CCc4cccs4)CC3)n2)cc1. The zero-order valence-electron chi connectivity index (χ0n) is 21.0. The van der Waals surface area contributed by atoms with E-state index in [4.69, 9.17) is 4.98 Å².